The Hall–Kier alpha value is -1.07. The lowest BCUT2D eigenvalue weighted by atomic mass is 10.0. The molecule has 0 spiro atoms. The number of nitrogens with one attached hydrogen (secondary N) is 3. The van der Waals surface area contributed by atoms with Crippen LogP contribution in [0.2, 0.25) is 0 Å². The predicted octanol–water partition coefficient (Wildman–Crippen LogP) is 1.16. The average Bonchev–Trinajstić information content (AvgIpc) is 2.60. The fourth-order valence-corrected chi connectivity index (χ4v) is 4.50. The third-order valence-electron chi connectivity index (χ3n) is 4.07. The Morgan fingerprint density at radius 3 is 2.58 bits per heavy atom. The summed E-state index contributed by atoms with van der Waals surface area (Å²) in [5.41, 5.74) is 0.258. The van der Waals surface area contributed by atoms with Crippen LogP contribution in [-0.2, 0) is 20.0 Å². The first-order valence-corrected chi connectivity index (χ1v) is 11.3. The molecule has 1 fully saturated rings. The van der Waals surface area contributed by atoms with Gasteiger partial charge >= 0.3 is 0 Å². The molecule has 1 aromatic rings. The lowest BCUT2D eigenvalue weighted by Gasteiger charge is -2.23. The minimum absolute atomic E-state index is 0. The Labute approximate surface area is 161 Å². The van der Waals surface area contributed by atoms with Gasteiger partial charge in [-0.15, -0.1) is 12.4 Å². The molecule has 8 nitrogen and oxygen atoms in total. The molecule has 0 aliphatic carbocycles. The number of halogens is 1. The van der Waals surface area contributed by atoms with Gasteiger partial charge in [0.15, 0.2) is 0 Å². The molecule has 1 unspecified atom stereocenters. The van der Waals surface area contributed by atoms with Gasteiger partial charge in [-0.05, 0) is 50.9 Å². The molecule has 1 saturated heterocycles. The van der Waals surface area contributed by atoms with Crippen LogP contribution >= 0.6 is 12.4 Å². The molecule has 3 N–H and O–H groups in total. The van der Waals surface area contributed by atoms with Crippen LogP contribution in [0.1, 0.15) is 19.8 Å². The lowest BCUT2D eigenvalue weighted by Crippen LogP contribution is -2.38. The van der Waals surface area contributed by atoms with Gasteiger partial charge in [0.25, 0.3) is 0 Å². The average molecular weight is 428 g/mol. The van der Waals surface area contributed by atoms with E-state index >= 15 is 0 Å². The molecule has 0 amide bonds. The van der Waals surface area contributed by atoms with E-state index in [0.717, 1.165) is 25.9 Å². The molecule has 2 rings (SSSR count). The van der Waals surface area contributed by atoms with E-state index < -0.39 is 20.0 Å². The van der Waals surface area contributed by atoms with Crippen LogP contribution in [0.15, 0.2) is 23.1 Å². The maximum absolute atomic E-state index is 12.6. The minimum Gasteiger partial charge on any atom is -0.495 e. The number of rotatable bonds is 8. The van der Waals surface area contributed by atoms with E-state index in [1.807, 2.05) is 0 Å². The Balaban J connectivity index is 0.00000338. The molecule has 1 aliphatic heterocycles. The number of methoxy groups -OCH3 is 1. The van der Waals surface area contributed by atoms with Crippen LogP contribution in [0, 0.1) is 5.92 Å². The van der Waals surface area contributed by atoms with Crippen LogP contribution in [0.3, 0.4) is 0 Å². The van der Waals surface area contributed by atoms with Crippen LogP contribution in [-0.4, -0.2) is 49.3 Å². The van der Waals surface area contributed by atoms with Crippen molar-refractivity contribution in [2.75, 3.05) is 37.2 Å². The molecule has 150 valence electrons. The molecule has 1 aliphatic rings. The smallest absolute Gasteiger partial charge is 0.244 e. The number of hydrogen-bond acceptors (Lipinski definition) is 6. The van der Waals surface area contributed by atoms with E-state index in [9.17, 15) is 16.8 Å². The Kier molecular flexibility index (Phi) is 8.61. The normalized spacial score (nSPS) is 18.0. The molecule has 0 saturated carbocycles. The van der Waals surface area contributed by atoms with E-state index in [0.29, 0.717) is 6.54 Å². The molecule has 1 atom stereocenters. The molecular weight excluding hydrogens is 402 g/mol. The van der Waals surface area contributed by atoms with Crippen molar-refractivity contribution in [1.82, 2.24) is 10.0 Å². The summed E-state index contributed by atoms with van der Waals surface area (Å²) in [5, 5.41) is 3.24. The summed E-state index contributed by atoms with van der Waals surface area (Å²) < 4.78 is 58.5. The standard InChI is InChI=1S/C15H25N3O5S2.ClH/c1-3-24(19,20)18-13-6-7-15(14(9-13)23-2)25(21,22)17-11-12-5-4-8-16-10-12;/h6-7,9,12,16-18H,3-5,8,10-11H2,1-2H3;1H. The van der Waals surface area contributed by atoms with Crippen LogP contribution in [0.5, 0.6) is 5.75 Å². The van der Waals surface area contributed by atoms with Gasteiger partial charge in [0, 0.05) is 12.6 Å². The van der Waals surface area contributed by atoms with Gasteiger partial charge in [0.1, 0.15) is 10.6 Å². The highest BCUT2D eigenvalue weighted by atomic mass is 35.5. The van der Waals surface area contributed by atoms with Crippen molar-refractivity contribution < 1.29 is 21.6 Å². The molecule has 0 aromatic heterocycles. The van der Waals surface area contributed by atoms with E-state index in [4.69, 9.17) is 4.74 Å². The van der Waals surface area contributed by atoms with Crippen molar-refractivity contribution in [3.63, 3.8) is 0 Å². The van der Waals surface area contributed by atoms with E-state index in [2.05, 4.69) is 14.8 Å². The summed E-state index contributed by atoms with van der Waals surface area (Å²) in [4.78, 5) is -0.0155. The summed E-state index contributed by atoms with van der Waals surface area (Å²) >= 11 is 0. The number of benzene rings is 1. The fraction of sp³-hybridized carbons (Fsp3) is 0.600. The van der Waals surface area contributed by atoms with Gasteiger partial charge in [-0.3, -0.25) is 4.72 Å². The first kappa shape index (κ1) is 23.0. The summed E-state index contributed by atoms with van der Waals surface area (Å²) in [6, 6.07) is 4.12. The van der Waals surface area contributed by atoms with Crippen molar-refractivity contribution >= 4 is 38.1 Å². The fourth-order valence-electron chi connectivity index (χ4n) is 2.61. The monoisotopic (exact) mass is 427 g/mol. The maximum atomic E-state index is 12.6. The maximum Gasteiger partial charge on any atom is 0.244 e. The summed E-state index contributed by atoms with van der Waals surface area (Å²) in [6.45, 7) is 3.62. The van der Waals surface area contributed by atoms with Crippen molar-refractivity contribution in [2.45, 2.75) is 24.7 Å². The SMILES string of the molecule is CCS(=O)(=O)Nc1ccc(S(=O)(=O)NCC2CCCNC2)c(OC)c1.Cl. The zero-order valence-corrected chi connectivity index (χ0v) is 17.3. The van der Waals surface area contributed by atoms with E-state index in [1.165, 1.54) is 32.2 Å². The zero-order valence-electron chi connectivity index (χ0n) is 14.8. The van der Waals surface area contributed by atoms with E-state index in [-0.39, 0.29) is 40.4 Å². The quantitative estimate of drug-likeness (QED) is 0.573. The van der Waals surface area contributed by atoms with Gasteiger partial charge < -0.3 is 10.1 Å². The van der Waals surface area contributed by atoms with Crippen molar-refractivity contribution in [3.05, 3.63) is 18.2 Å². The van der Waals surface area contributed by atoms with Crippen LogP contribution < -0.4 is 19.5 Å². The first-order valence-electron chi connectivity index (χ1n) is 8.16. The second kappa shape index (κ2) is 9.75. The van der Waals surface area contributed by atoms with E-state index in [1.54, 1.807) is 0 Å². The highest BCUT2D eigenvalue weighted by Crippen LogP contribution is 2.28. The van der Waals surface area contributed by atoms with Gasteiger partial charge in [-0.2, -0.15) is 0 Å². The number of hydrogen-bond donors (Lipinski definition) is 3. The number of anilines is 1. The van der Waals surface area contributed by atoms with Crippen LogP contribution in [0.25, 0.3) is 0 Å². The number of ether oxygens (including phenoxy) is 1. The number of piperidine rings is 1. The minimum atomic E-state index is -3.75. The highest BCUT2D eigenvalue weighted by molar-refractivity contribution is 7.92. The highest BCUT2D eigenvalue weighted by Gasteiger charge is 2.22. The molecular formula is C15H26ClN3O5S2. The van der Waals surface area contributed by atoms with Gasteiger partial charge in [0.2, 0.25) is 20.0 Å². The third kappa shape index (κ3) is 6.27. The molecule has 1 heterocycles. The largest absolute Gasteiger partial charge is 0.495 e. The van der Waals surface area contributed by atoms with Crippen molar-refractivity contribution in [2.24, 2.45) is 5.92 Å². The second-order valence-corrected chi connectivity index (χ2v) is 9.68. The van der Waals surface area contributed by atoms with Gasteiger partial charge in [-0.25, -0.2) is 21.6 Å². The summed E-state index contributed by atoms with van der Waals surface area (Å²) in [7, 11) is -5.85. The Morgan fingerprint density at radius 2 is 2.00 bits per heavy atom. The van der Waals surface area contributed by atoms with Crippen LogP contribution in [0.4, 0.5) is 5.69 Å². The Morgan fingerprint density at radius 1 is 1.27 bits per heavy atom. The lowest BCUT2D eigenvalue weighted by molar-refractivity contribution is 0.375. The summed E-state index contributed by atoms with van der Waals surface area (Å²) in [5.74, 6) is 0.266. The van der Waals surface area contributed by atoms with Gasteiger partial charge in [-0.1, -0.05) is 0 Å². The molecule has 11 heteroatoms. The van der Waals surface area contributed by atoms with Crippen molar-refractivity contribution in [3.8, 4) is 5.75 Å². The number of sulfonamides is 2. The predicted molar refractivity (Wildman–Crippen MR) is 104 cm³/mol. The molecule has 1 aromatic carbocycles. The molecule has 0 bridgehead atoms. The topological polar surface area (TPSA) is 114 Å². The van der Waals surface area contributed by atoms with Gasteiger partial charge in [0.05, 0.1) is 18.6 Å². The Bertz CT molecular complexity index is 793. The second-order valence-electron chi connectivity index (χ2n) is 5.94. The summed E-state index contributed by atoms with van der Waals surface area (Å²) in [6.07, 6.45) is 2.01. The zero-order chi connectivity index (χ0) is 18.5. The van der Waals surface area contributed by atoms with Crippen molar-refractivity contribution in [1.29, 1.82) is 0 Å². The third-order valence-corrected chi connectivity index (χ3v) is 6.84. The molecule has 0 radical (unpaired) electrons. The first-order chi connectivity index (χ1) is 11.8. The molecule has 26 heavy (non-hydrogen) atoms.